The van der Waals surface area contributed by atoms with Crippen LogP contribution in [0.4, 0.5) is 0 Å². The Balaban J connectivity index is 1.13. The normalized spacial score (nSPS) is 28.5. The van der Waals surface area contributed by atoms with Crippen LogP contribution in [0.2, 0.25) is 0 Å². The number of benzene rings is 3. The number of nitrogens with zero attached hydrogens (tertiary/aromatic N) is 1. The highest BCUT2D eigenvalue weighted by Gasteiger charge is 2.52. The molecule has 0 radical (unpaired) electrons. The lowest BCUT2D eigenvalue weighted by Crippen LogP contribution is -2.64. The van der Waals surface area contributed by atoms with Crippen molar-refractivity contribution in [2.75, 3.05) is 73.0 Å². The Bertz CT molecular complexity index is 1300. The molecular formula is C36H45NO9. The van der Waals surface area contributed by atoms with Crippen LogP contribution in [-0.4, -0.2) is 109 Å². The minimum atomic E-state index is -0.740. The molecule has 3 aromatic rings. The summed E-state index contributed by atoms with van der Waals surface area (Å²) in [5.41, 5.74) is 2.12. The summed E-state index contributed by atoms with van der Waals surface area (Å²) in [6.07, 6.45) is -2.33. The van der Waals surface area contributed by atoms with Crippen molar-refractivity contribution in [2.24, 2.45) is 0 Å². The topological polar surface area (TPSA) is 86.3 Å². The average Bonchev–Trinajstić information content (AvgIpc) is 3.11. The van der Waals surface area contributed by atoms with Crippen LogP contribution in [0.1, 0.15) is 17.4 Å². The molecule has 3 saturated heterocycles. The highest BCUT2D eigenvalue weighted by atomic mass is 16.8. The quantitative estimate of drug-likeness (QED) is 0.375. The van der Waals surface area contributed by atoms with Crippen LogP contribution in [0.3, 0.4) is 0 Å². The van der Waals surface area contributed by atoms with E-state index in [1.54, 1.807) is 7.11 Å². The number of rotatable bonds is 7. The lowest BCUT2D eigenvalue weighted by molar-refractivity contribution is -0.360. The number of fused-ring (bicyclic) bond motifs is 3. The van der Waals surface area contributed by atoms with Crippen molar-refractivity contribution in [3.05, 3.63) is 96.1 Å². The Hall–Kier alpha value is -3.06. The summed E-state index contributed by atoms with van der Waals surface area (Å²) in [7, 11) is 1.71. The van der Waals surface area contributed by atoms with Crippen LogP contribution < -0.4 is 9.47 Å². The van der Waals surface area contributed by atoms with E-state index in [0.29, 0.717) is 52.0 Å². The lowest BCUT2D eigenvalue weighted by Gasteiger charge is -2.48. The van der Waals surface area contributed by atoms with Crippen molar-refractivity contribution in [2.45, 2.75) is 43.4 Å². The first-order valence-corrected chi connectivity index (χ1v) is 16.2. The molecule has 6 atom stereocenters. The molecule has 46 heavy (non-hydrogen) atoms. The zero-order valence-electron chi connectivity index (χ0n) is 26.4. The Kier molecular flexibility index (Phi) is 12.3. The summed E-state index contributed by atoms with van der Waals surface area (Å²) < 4.78 is 56.1. The van der Waals surface area contributed by atoms with E-state index >= 15 is 0 Å². The highest BCUT2D eigenvalue weighted by Crippen LogP contribution is 2.37. The van der Waals surface area contributed by atoms with Gasteiger partial charge in [0.1, 0.15) is 35.9 Å². The average molecular weight is 636 g/mol. The predicted octanol–water partition coefficient (Wildman–Crippen LogP) is 4.28. The summed E-state index contributed by atoms with van der Waals surface area (Å²) in [6.45, 7) is 5.47. The monoisotopic (exact) mass is 635 g/mol. The fourth-order valence-electron chi connectivity index (χ4n) is 6.02. The second-order valence-electron chi connectivity index (χ2n) is 11.4. The Labute approximate surface area is 271 Å². The van der Waals surface area contributed by atoms with Gasteiger partial charge in [-0.2, -0.15) is 0 Å². The molecule has 3 aliphatic heterocycles. The molecule has 0 aromatic heterocycles. The molecule has 0 amide bonds. The molecule has 3 heterocycles. The second kappa shape index (κ2) is 17.2. The summed E-state index contributed by atoms with van der Waals surface area (Å²) in [5.74, 6) is 1.59. The van der Waals surface area contributed by atoms with Crippen molar-refractivity contribution >= 4 is 0 Å². The second-order valence-corrected chi connectivity index (χ2v) is 11.4. The van der Waals surface area contributed by atoms with Gasteiger partial charge in [0.15, 0.2) is 6.29 Å². The number of methoxy groups -OCH3 is 1. The summed E-state index contributed by atoms with van der Waals surface area (Å²) in [6, 6.07) is 27.6. The molecule has 1 unspecified atom stereocenters. The Morgan fingerprint density at radius 2 is 1.35 bits per heavy atom. The molecule has 248 valence electrons. The molecule has 0 N–H and O–H groups in total. The van der Waals surface area contributed by atoms with Gasteiger partial charge in [0, 0.05) is 25.2 Å². The van der Waals surface area contributed by atoms with Gasteiger partial charge in [-0.25, -0.2) is 0 Å². The van der Waals surface area contributed by atoms with Gasteiger partial charge in [0.05, 0.1) is 53.4 Å². The van der Waals surface area contributed by atoms with Gasteiger partial charge in [0.2, 0.25) is 6.29 Å². The van der Waals surface area contributed by atoms with Gasteiger partial charge in [-0.05, 0) is 30.2 Å². The van der Waals surface area contributed by atoms with Gasteiger partial charge in [0.25, 0.3) is 0 Å². The molecule has 3 aliphatic rings. The van der Waals surface area contributed by atoms with Gasteiger partial charge < -0.3 is 42.6 Å². The maximum atomic E-state index is 6.54. The van der Waals surface area contributed by atoms with Crippen molar-refractivity contribution in [3.63, 3.8) is 0 Å². The van der Waals surface area contributed by atoms with Gasteiger partial charge in [-0.1, -0.05) is 66.7 Å². The highest BCUT2D eigenvalue weighted by molar-refractivity contribution is 5.33. The molecule has 3 fully saturated rings. The first-order valence-electron chi connectivity index (χ1n) is 16.2. The van der Waals surface area contributed by atoms with E-state index in [9.17, 15) is 0 Å². The lowest BCUT2D eigenvalue weighted by atomic mass is 9.97. The molecule has 0 spiro atoms. The van der Waals surface area contributed by atoms with E-state index in [1.165, 1.54) is 5.56 Å². The Morgan fingerprint density at radius 1 is 0.674 bits per heavy atom. The van der Waals surface area contributed by atoms with Crippen LogP contribution in [0, 0.1) is 0 Å². The van der Waals surface area contributed by atoms with E-state index < -0.39 is 37.0 Å². The van der Waals surface area contributed by atoms with Crippen LogP contribution in [0.25, 0.3) is 0 Å². The molecule has 0 saturated carbocycles. The summed E-state index contributed by atoms with van der Waals surface area (Å²) in [5, 5.41) is 0. The third kappa shape index (κ3) is 8.84. The van der Waals surface area contributed by atoms with Gasteiger partial charge in [-0.3, -0.25) is 4.90 Å². The molecular weight excluding hydrogens is 590 g/mol. The summed E-state index contributed by atoms with van der Waals surface area (Å²) in [4.78, 5) is 2.36. The van der Waals surface area contributed by atoms with Gasteiger partial charge in [-0.15, -0.1) is 0 Å². The van der Waals surface area contributed by atoms with Crippen LogP contribution in [-0.2, 0) is 39.6 Å². The number of hydrogen-bond acceptors (Lipinski definition) is 10. The molecule has 10 heteroatoms. The van der Waals surface area contributed by atoms with E-state index in [4.69, 9.17) is 42.6 Å². The first kappa shape index (κ1) is 32.9. The molecule has 0 bridgehead atoms. The third-order valence-electron chi connectivity index (χ3n) is 8.42. The van der Waals surface area contributed by atoms with Crippen LogP contribution in [0.15, 0.2) is 84.9 Å². The minimum Gasteiger partial charge on any atom is -0.496 e. The maximum Gasteiger partial charge on any atom is 0.229 e. The maximum absolute atomic E-state index is 6.54. The van der Waals surface area contributed by atoms with E-state index in [-0.39, 0.29) is 0 Å². The zero-order valence-corrected chi connectivity index (χ0v) is 26.4. The van der Waals surface area contributed by atoms with Crippen molar-refractivity contribution in [3.8, 4) is 11.5 Å². The molecule has 10 nitrogen and oxygen atoms in total. The minimum absolute atomic E-state index is 0.329. The number of para-hydroxylation sites is 2. The fourth-order valence-corrected chi connectivity index (χ4v) is 6.02. The van der Waals surface area contributed by atoms with E-state index in [1.807, 2.05) is 78.9 Å². The van der Waals surface area contributed by atoms with Crippen molar-refractivity contribution < 1.29 is 42.6 Å². The summed E-state index contributed by atoms with van der Waals surface area (Å²) >= 11 is 0. The predicted molar refractivity (Wildman–Crippen MR) is 170 cm³/mol. The number of hydrogen-bond donors (Lipinski definition) is 0. The van der Waals surface area contributed by atoms with E-state index in [2.05, 4.69) is 11.0 Å². The van der Waals surface area contributed by atoms with Gasteiger partial charge >= 0.3 is 0 Å². The van der Waals surface area contributed by atoms with Crippen LogP contribution in [0.5, 0.6) is 11.5 Å². The fraction of sp³-hybridized carbons (Fsp3) is 0.500. The Morgan fingerprint density at radius 3 is 2.09 bits per heavy atom. The standard InChI is InChI=1S/C36H45NO9/c1-38-30-15-9-8-10-27(30)16-17-37-18-20-39-22-24-41-33-32-31(26-43-35(46-32)28-11-4-2-5-12-28)45-36(44-29-13-6-3-7-14-29)34(33)42-25-23-40-21-19-37/h2-15,31-36H,16-26H2,1H3/t31-,32-,33+,34-,35?,36-/m1/s1. The van der Waals surface area contributed by atoms with Crippen LogP contribution >= 0.6 is 0 Å². The molecule has 0 aliphatic carbocycles. The van der Waals surface area contributed by atoms with E-state index in [0.717, 1.165) is 37.4 Å². The number of ether oxygens (including phenoxy) is 9. The largest absolute Gasteiger partial charge is 0.496 e. The molecule has 3 aromatic carbocycles. The van der Waals surface area contributed by atoms with Crippen molar-refractivity contribution in [1.82, 2.24) is 4.90 Å². The smallest absolute Gasteiger partial charge is 0.229 e. The third-order valence-corrected chi connectivity index (χ3v) is 8.42. The van der Waals surface area contributed by atoms with Crippen molar-refractivity contribution in [1.29, 1.82) is 0 Å². The zero-order chi connectivity index (χ0) is 31.4. The SMILES string of the molecule is COc1ccccc1CCN1CCOCCO[C@@H]2[C@@H](OCCOCC1)[C@H](Oc1ccccc1)O[C@@H]1COC(c3ccccc3)O[C@@H]21. The first-order chi connectivity index (χ1) is 22.8. The molecule has 6 rings (SSSR count).